The van der Waals surface area contributed by atoms with Crippen LogP contribution in [-0.2, 0) is 13.5 Å². The van der Waals surface area contributed by atoms with Crippen LogP contribution in [-0.4, -0.2) is 22.2 Å². The predicted octanol–water partition coefficient (Wildman–Crippen LogP) is 2.81. The molecule has 0 saturated heterocycles. The molecule has 2 N–H and O–H groups in total. The van der Waals surface area contributed by atoms with Crippen LogP contribution in [0, 0.1) is 5.82 Å². The molecular formula is C15H19FN4O. The third-order valence-corrected chi connectivity index (χ3v) is 3.10. The minimum absolute atomic E-state index is 0.222. The maximum Gasteiger partial charge on any atom is 0.257 e. The van der Waals surface area contributed by atoms with Gasteiger partial charge in [0.1, 0.15) is 5.82 Å². The number of hydrogen-bond acceptors (Lipinski definition) is 3. The lowest BCUT2D eigenvalue weighted by molar-refractivity contribution is 0.102. The first-order valence-electron chi connectivity index (χ1n) is 6.93. The summed E-state index contributed by atoms with van der Waals surface area (Å²) in [6.45, 7) is 4.35. The highest BCUT2D eigenvalue weighted by Gasteiger charge is 2.16. The molecule has 0 saturated carbocycles. The molecule has 1 heterocycles. The number of carbonyl (C=O) groups excluding carboxylic acids is 1. The molecule has 5 nitrogen and oxygen atoms in total. The van der Waals surface area contributed by atoms with Crippen LogP contribution in [0.25, 0.3) is 0 Å². The number of hydrogen-bond donors (Lipinski definition) is 2. The van der Waals surface area contributed by atoms with Crippen LogP contribution in [0.1, 0.15) is 29.9 Å². The Morgan fingerprint density at radius 2 is 2.14 bits per heavy atom. The number of aromatic nitrogens is 2. The first kappa shape index (κ1) is 15.0. The maximum absolute atomic E-state index is 13.8. The number of carbonyl (C=O) groups is 1. The number of halogens is 1. The van der Waals surface area contributed by atoms with E-state index in [2.05, 4.69) is 15.7 Å². The van der Waals surface area contributed by atoms with Gasteiger partial charge in [0.15, 0.2) is 0 Å². The highest BCUT2D eigenvalue weighted by Crippen LogP contribution is 2.22. The molecule has 0 aliphatic rings. The molecule has 2 aromatic rings. The second-order valence-electron chi connectivity index (χ2n) is 4.66. The van der Waals surface area contributed by atoms with Crippen LogP contribution in [0.15, 0.2) is 24.4 Å². The standard InChI is InChI=1S/C15H19FN4O/c1-4-12-13(9-20(3)19-12)18-15(21)10-7-6-8-11(16)14(10)17-5-2/h6-9,17H,4-5H2,1-3H3,(H,18,21). The SMILES string of the molecule is CCNc1c(F)cccc1C(=O)Nc1cn(C)nc1CC. The van der Waals surface area contributed by atoms with E-state index in [1.807, 2.05) is 13.8 Å². The number of benzene rings is 1. The van der Waals surface area contributed by atoms with Gasteiger partial charge >= 0.3 is 0 Å². The molecule has 0 atom stereocenters. The van der Waals surface area contributed by atoms with Gasteiger partial charge in [-0.2, -0.15) is 5.10 Å². The Morgan fingerprint density at radius 1 is 1.38 bits per heavy atom. The lowest BCUT2D eigenvalue weighted by Gasteiger charge is -2.11. The molecule has 0 unspecified atom stereocenters. The summed E-state index contributed by atoms with van der Waals surface area (Å²) in [5, 5.41) is 9.95. The number of nitrogens with zero attached hydrogens (tertiary/aromatic N) is 2. The third kappa shape index (κ3) is 3.21. The zero-order valence-electron chi connectivity index (χ0n) is 12.4. The number of rotatable bonds is 5. The smallest absolute Gasteiger partial charge is 0.257 e. The molecular weight excluding hydrogens is 271 g/mol. The molecule has 2 rings (SSSR count). The predicted molar refractivity (Wildman–Crippen MR) is 81.1 cm³/mol. The number of anilines is 2. The van der Waals surface area contributed by atoms with Gasteiger partial charge in [0.05, 0.1) is 22.6 Å². The fraction of sp³-hybridized carbons (Fsp3) is 0.333. The van der Waals surface area contributed by atoms with Crippen molar-refractivity contribution in [2.45, 2.75) is 20.3 Å². The molecule has 1 amide bonds. The Kier molecular flexibility index (Phi) is 4.57. The topological polar surface area (TPSA) is 59.0 Å². The van der Waals surface area contributed by atoms with Crippen LogP contribution in [0.2, 0.25) is 0 Å². The molecule has 0 bridgehead atoms. The Labute approximate surface area is 123 Å². The molecule has 0 aliphatic heterocycles. The van der Waals surface area contributed by atoms with Crippen molar-refractivity contribution in [3.8, 4) is 0 Å². The van der Waals surface area contributed by atoms with Crippen molar-refractivity contribution in [1.82, 2.24) is 9.78 Å². The van der Waals surface area contributed by atoms with E-state index < -0.39 is 5.82 Å². The summed E-state index contributed by atoms with van der Waals surface area (Å²) in [6, 6.07) is 4.45. The second kappa shape index (κ2) is 6.39. The van der Waals surface area contributed by atoms with Crippen LogP contribution < -0.4 is 10.6 Å². The van der Waals surface area contributed by atoms with Gasteiger partial charge in [-0.3, -0.25) is 9.48 Å². The average Bonchev–Trinajstić information content (AvgIpc) is 2.81. The summed E-state index contributed by atoms with van der Waals surface area (Å²) < 4.78 is 15.5. The summed E-state index contributed by atoms with van der Waals surface area (Å²) in [6.07, 6.45) is 2.45. The van der Waals surface area contributed by atoms with Crippen molar-refractivity contribution in [2.24, 2.45) is 7.05 Å². The van der Waals surface area contributed by atoms with Gasteiger partial charge in [0.25, 0.3) is 5.91 Å². The van der Waals surface area contributed by atoms with E-state index in [4.69, 9.17) is 0 Å². The molecule has 112 valence electrons. The van der Waals surface area contributed by atoms with E-state index in [0.717, 1.165) is 5.69 Å². The van der Waals surface area contributed by atoms with Crippen LogP contribution in [0.4, 0.5) is 15.8 Å². The van der Waals surface area contributed by atoms with Crippen LogP contribution in [0.5, 0.6) is 0 Å². The fourth-order valence-electron chi connectivity index (χ4n) is 2.16. The van der Waals surface area contributed by atoms with Gasteiger partial charge in [-0.15, -0.1) is 0 Å². The van der Waals surface area contributed by atoms with Crippen molar-refractivity contribution in [1.29, 1.82) is 0 Å². The first-order chi connectivity index (χ1) is 10.1. The van der Waals surface area contributed by atoms with Gasteiger partial charge in [-0.25, -0.2) is 4.39 Å². The zero-order chi connectivity index (χ0) is 15.4. The molecule has 1 aromatic carbocycles. The highest BCUT2D eigenvalue weighted by molar-refractivity contribution is 6.08. The van der Waals surface area contributed by atoms with Gasteiger partial charge in [0.2, 0.25) is 0 Å². The molecule has 0 aliphatic carbocycles. The minimum Gasteiger partial charge on any atom is -0.382 e. The quantitative estimate of drug-likeness (QED) is 0.890. The van der Waals surface area contributed by atoms with E-state index in [1.165, 1.54) is 12.1 Å². The Morgan fingerprint density at radius 3 is 2.81 bits per heavy atom. The van der Waals surface area contributed by atoms with Crippen molar-refractivity contribution >= 4 is 17.3 Å². The largest absolute Gasteiger partial charge is 0.382 e. The Balaban J connectivity index is 2.30. The molecule has 0 radical (unpaired) electrons. The Hall–Kier alpha value is -2.37. The summed E-state index contributed by atoms with van der Waals surface area (Å²) in [7, 11) is 1.79. The second-order valence-corrected chi connectivity index (χ2v) is 4.66. The van der Waals surface area contributed by atoms with E-state index in [1.54, 1.807) is 24.0 Å². The van der Waals surface area contributed by atoms with Gasteiger partial charge in [0, 0.05) is 19.8 Å². The highest BCUT2D eigenvalue weighted by atomic mass is 19.1. The van der Waals surface area contributed by atoms with Crippen LogP contribution >= 0.6 is 0 Å². The summed E-state index contributed by atoms with van der Waals surface area (Å²) in [4.78, 5) is 12.4. The fourth-order valence-corrected chi connectivity index (χ4v) is 2.16. The molecule has 0 fully saturated rings. The average molecular weight is 290 g/mol. The van der Waals surface area contributed by atoms with Crippen LogP contribution in [0.3, 0.4) is 0 Å². The van der Waals surface area contributed by atoms with E-state index in [9.17, 15) is 9.18 Å². The lowest BCUT2D eigenvalue weighted by Crippen LogP contribution is -2.16. The van der Waals surface area contributed by atoms with Gasteiger partial charge < -0.3 is 10.6 Å². The maximum atomic E-state index is 13.8. The Bertz CT molecular complexity index is 651. The minimum atomic E-state index is -0.439. The normalized spacial score (nSPS) is 10.5. The number of aryl methyl sites for hydroxylation is 2. The van der Waals surface area contributed by atoms with Crippen molar-refractivity contribution < 1.29 is 9.18 Å². The molecule has 0 spiro atoms. The van der Waals surface area contributed by atoms with Gasteiger partial charge in [-0.05, 0) is 25.5 Å². The summed E-state index contributed by atoms with van der Waals surface area (Å²) in [5.41, 5.74) is 1.95. The summed E-state index contributed by atoms with van der Waals surface area (Å²) >= 11 is 0. The number of nitrogens with one attached hydrogen (secondary N) is 2. The first-order valence-corrected chi connectivity index (χ1v) is 6.93. The van der Waals surface area contributed by atoms with E-state index >= 15 is 0 Å². The molecule has 21 heavy (non-hydrogen) atoms. The zero-order valence-corrected chi connectivity index (χ0v) is 12.4. The van der Waals surface area contributed by atoms with Crippen molar-refractivity contribution in [2.75, 3.05) is 17.2 Å². The van der Waals surface area contributed by atoms with E-state index in [0.29, 0.717) is 18.7 Å². The monoisotopic (exact) mass is 290 g/mol. The van der Waals surface area contributed by atoms with Gasteiger partial charge in [-0.1, -0.05) is 13.0 Å². The number of amides is 1. The lowest BCUT2D eigenvalue weighted by atomic mass is 10.1. The molecule has 1 aromatic heterocycles. The van der Waals surface area contributed by atoms with Crippen molar-refractivity contribution in [3.63, 3.8) is 0 Å². The third-order valence-electron chi connectivity index (χ3n) is 3.10. The van der Waals surface area contributed by atoms with E-state index in [-0.39, 0.29) is 17.2 Å². The summed E-state index contributed by atoms with van der Waals surface area (Å²) in [5.74, 6) is -0.792. The number of para-hydroxylation sites is 1. The van der Waals surface area contributed by atoms with Crippen molar-refractivity contribution in [3.05, 3.63) is 41.5 Å². The molecule has 6 heteroatoms.